The fourth-order valence-electron chi connectivity index (χ4n) is 3.90. The van der Waals surface area contributed by atoms with E-state index < -0.39 is 0 Å². The third kappa shape index (κ3) is 4.26. The van der Waals surface area contributed by atoms with Gasteiger partial charge in [-0.1, -0.05) is 6.42 Å². The minimum atomic E-state index is 0.333. The number of carbonyl (C=O) groups is 1. The summed E-state index contributed by atoms with van der Waals surface area (Å²) >= 11 is 0. The number of piperazine rings is 1. The molecule has 2 saturated heterocycles. The van der Waals surface area contributed by atoms with Gasteiger partial charge >= 0.3 is 0 Å². The number of hydrogen-bond donors (Lipinski definition) is 0. The maximum Gasteiger partial charge on any atom is 0.222 e. The summed E-state index contributed by atoms with van der Waals surface area (Å²) in [5.41, 5.74) is 2.26. The topological polar surface area (TPSA) is 39.7 Å². The normalized spacial score (nSPS) is 22.7. The van der Waals surface area contributed by atoms with Gasteiger partial charge in [-0.25, -0.2) is 0 Å². The van der Waals surface area contributed by atoms with Crippen molar-refractivity contribution in [2.24, 2.45) is 0 Å². The van der Waals surface area contributed by atoms with Gasteiger partial charge < -0.3 is 14.7 Å². The van der Waals surface area contributed by atoms with Crippen LogP contribution >= 0.6 is 0 Å². The fourth-order valence-corrected chi connectivity index (χ4v) is 3.90. The molecule has 1 atom stereocenters. The lowest BCUT2D eigenvalue weighted by atomic mass is 9.98. The van der Waals surface area contributed by atoms with Gasteiger partial charge in [-0.3, -0.25) is 9.78 Å². The van der Waals surface area contributed by atoms with E-state index in [9.17, 15) is 4.79 Å². The molecule has 0 radical (unpaired) electrons. The molecule has 2 aliphatic heterocycles. The Morgan fingerprint density at radius 1 is 1.21 bits per heavy atom. The lowest BCUT2D eigenvalue weighted by Crippen LogP contribution is -2.49. The number of aryl methyl sites for hydroxylation is 1. The Hall–Kier alpha value is -1.62. The Labute approximate surface area is 145 Å². The summed E-state index contributed by atoms with van der Waals surface area (Å²) in [6.07, 6.45) is 7.44. The SMILES string of the molecule is Cc1cc(N2CCN(C(=O)CC[C@H]3CCCCN3C)CC2)ccn1. The van der Waals surface area contributed by atoms with Gasteiger partial charge in [0, 0.05) is 56.2 Å². The molecule has 5 heteroatoms. The predicted octanol–water partition coefficient (Wildman–Crippen LogP) is 2.30. The van der Waals surface area contributed by atoms with E-state index in [0.29, 0.717) is 18.4 Å². The zero-order valence-corrected chi connectivity index (χ0v) is 15.1. The van der Waals surface area contributed by atoms with Crippen molar-refractivity contribution in [2.75, 3.05) is 44.7 Å². The van der Waals surface area contributed by atoms with Crippen LogP contribution in [-0.2, 0) is 4.79 Å². The van der Waals surface area contributed by atoms with Gasteiger partial charge in [-0.05, 0) is 51.9 Å². The first kappa shape index (κ1) is 17.2. The summed E-state index contributed by atoms with van der Waals surface area (Å²) in [6.45, 7) is 6.70. The molecule has 24 heavy (non-hydrogen) atoms. The fraction of sp³-hybridized carbons (Fsp3) is 0.684. The van der Waals surface area contributed by atoms with Crippen molar-refractivity contribution in [2.45, 2.75) is 45.1 Å². The highest BCUT2D eigenvalue weighted by molar-refractivity contribution is 5.76. The number of anilines is 1. The molecular formula is C19H30N4O. The van der Waals surface area contributed by atoms with Crippen LogP contribution in [0.5, 0.6) is 0 Å². The summed E-state index contributed by atoms with van der Waals surface area (Å²) < 4.78 is 0. The first-order valence-corrected chi connectivity index (χ1v) is 9.29. The Morgan fingerprint density at radius 2 is 2.00 bits per heavy atom. The van der Waals surface area contributed by atoms with Crippen LogP contribution < -0.4 is 4.90 Å². The Morgan fingerprint density at radius 3 is 2.71 bits per heavy atom. The number of carbonyl (C=O) groups excluding carboxylic acids is 1. The van der Waals surface area contributed by atoms with Crippen molar-refractivity contribution in [3.63, 3.8) is 0 Å². The number of aromatic nitrogens is 1. The number of pyridine rings is 1. The van der Waals surface area contributed by atoms with Crippen LogP contribution in [0.1, 0.15) is 37.8 Å². The van der Waals surface area contributed by atoms with Gasteiger partial charge in [0.2, 0.25) is 5.91 Å². The number of piperidine rings is 1. The van der Waals surface area contributed by atoms with E-state index in [1.54, 1.807) is 0 Å². The number of hydrogen-bond acceptors (Lipinski definition) is 4. The third-order valence-electron chi connectivity index (χ3n) is 5.49. The highest BCUT2D eigenvalue weighted by atomic mass is 16.2. The van der Waals surface area contributed by atoms with Crippen molar-refractivity contribution >= 4 is 11.6 Å². The van der Waals surface area contributed by atoms with Crippen LogP contribution in [-0.4, -0.2) is 66.5 Å². The van der Waals surface area contributed by atoms with E-state index in [-0.39, 0.29) is 0 Å². The molecule has 1 aromatic heterocycles. The minimum Gasteiger partial charge on any atom is -0.368 e. The molecule has 0 unspecified atom stereocenters. The summed E-state index contributed by atoms with van der Waals surface area (Å²) in [6, 6.07) is 4.78. The van der Waals surface area contributed by atoms with E-state index in [0.717, 1.165) is 38.3 Å². The summed E-state index contributed by atoms with van der Waals surface area (Å²) in [5, 5.41) is 0. The van der Waals surface area contributed by atoms with Crippen molar-refractivity contribution in [1.82, 2.24) is 14.8 Å². The number of amides is 1. The zero-order chi connectivity index (χ0) is 16.9. The second kappa shape index (κ2) is 7.97. The zero-order valence-electron chi connectivity index (χ0n) is 15.1. The first-order chi connectivity index (χ1) is 11.6. The van der Waals surface area contributed by atoms with Crippen LogP contribution in [0.3, 0.4) is 0 Å². The molecule has 0 aromatic carbocycles. The second-order valence-corrected chi connectivity index (χ2v) is 7.19. The average molecular weight is 330 g/mol. The summed E-state index contributed by atoms with van der Waals surface area (Å²) in [7, 11) is 2.20. The maximum absolute atomic E-state index is 12.5. The maximum atomic E-state index is 12.5. The molecule has 2 fully saturated rings. The van der Waals surface area contributed by atoms with E-state index in [1.807, 2.05) is 18.0 Å². The predicted molar refractivity (Wildman–Crippen MR) is 97.3 cm³/mol. The highest BCUT2D eigenvalue weighted by Gasteiger charge is 2.24. The van der Waals surface area contributed by atoms with Crippen LogP contribution in [0, 0.1) is 6.92 Å². The lowest BCUT2D eigenvalue weighted by molar-refractivity contribution is -0.131. The average Bonchev–Trinajstić information content (AvgIpc) is 2.61. The number of nitrogens with zero attached hydrogens (tertiary/aromatic N) is 4. The standard InChI is InChI=1S/C19H30N4O/c1-16-15-18(8-9-20-16)22-11-13-23(14-12-22)19(24)7-6-17-5-3-4-10-21(17)2/h8-9,15,17H,3-7,10-14H2,1-2H3/t17-/m1/s1. The minimum absolute atomic E-state index is 0.333. The quantitative estimate of drug-likeness (QED) is 0.849. The van der Waals surface area contributed by atoms with Gasteiger partial charge in [-0.15, -0.1) is 0 Å². The molecule has 0 bridgehead atoms. The van der Waals surface area contributed by atoms with E-state index in [4.69, 9.17) is 0 Å². The molecular weight excluding hydrogens is 300 g/mol. The van der Waals surface area contributed by atoms with Crippen molar-refractivity contribution < 1.29 is 4.79 Å². The molecule has 0 aliphatic carbocycles. The largest absolute Gasteiger partial charge is 0.368 e. The summed E-state index contributed by atoms with van der Waals surface area (Å²) in [4.78, 5) is 23.6. The van der Waals surface area contributed by atoms with Gasteiger partial charge in [0.05, 0.1) is 0 Å². The van der Waals surface area contributed by atoms with Crippen LogP contribution in [0.2, 0.25) is 0 Å². The van der Waals surface area contributed by atoms with E-state index in [2.05, 4.69) is 34.0 Å². The van der Waals surface area contributed by atoms with Crippen molar-refractivity contribution in [3.05, 3.63) is 24.0 Å². The monoisotopic (exact) mass is 330 g/mol. The summed E-state index contributed by atoms with van der Waals surface area (Å²) in [5.74, 6) is 0.333. The van der Waals surface area contributed by atoms with Gasteiger partial charge in [-0.2, -0.15) is 0 Å². The van der Waals surface area contributed by atoms with Crippen LogP contribution in [0.25, 0.3) is 0 Å². The van der Waals surface area contributed by atoms with Crippen LogP contribution in [0.15, 0.2) is 18.3 Å². The molecule has 0 N–H and O–H groups in total. The highest BCUT2D eigenvalue weighted by Crippen LogP contribution is 2.20. The molecule has 132 valence electrons. The smallest absolute Gasteiger partial charge is 0.222 e. The van der Waals surface area contributed by atoms with Gasteiger partial charge in [0.15, 0.2) is 0 Å². The van der Waals surface area contributed by atoms with Crippen molar-refractivity contribution in [3.8, 4) is 0 Å². The Balaban J connectivity index is 1.45. The third-order valence-corrected chi connectivity index (χ3v) is 5.49. The first-order valence-electron chi connectivity index (χ1n) is 9.29. The molecule has 3 heterocycles. The van der Waals surface area contributed by atoms with Crippen LogP contribution in [0.4, 0.5) is 5.69 Å². The molecule has 3 rings (SSSR count). The van der Waals surface area contributed by atoms with Crippen molar-refractivity contribution in [1.29, 1.82) is 0 Å². The molecule has 0 saturated carbocycles. The Kier molecular flexibility index (Phi) is 5.72. The molecule has 1 aromatic rings. The number of rotatable bonds is 4. The molecule has 5 nitrogen and oxygen atoms in total. The van der Waals surface area contributed by atoms with Gasteiger partial charge in [0.1, 0.15) is 0 Å². The van der Waals surface area contributed by atoms with E-state index in [1.165, 1.54) is 31.5 Å². The Bertz CT molecular complexity index is 554. The lowest BCUT2D eigenvalue weighted by Gasteiger charge is -2.37. The van der Waals surface area contributed by atoms with Gasteiger partial charge in [0.25, 0.3) is 0 Å². The molecule has 0 spiro atoms. The molecule has 2 aliphatic rings. The second-order valence-electron chi connectivity index (χ2n) is 7.19. The number of likely N-dealkylation sites (tertiary alicyclic amines) is 1. The molecule has 1 amide bonds. The van der Waals surface area contributed by atoms with E-state index >= 15 is 0 Å².